The van der Waals surface area contributed by atoms with Gasteiger partial charge in [-0.15, -0.1) is 0 Å². The zero-order chi connectivity index (χ0) is 14.7. The van der Waals surface area contributed by atoms with Crippen molar-refractivity contribution in [1.82, 2.24) is 4.98 Å². The van der Waals surface area contributed by atoms with Crippen LogP contribution in [-0.4, -0.2) is 22.5 Å². The Kier molecular flexibility index (Phi) is 4.57. The molecule has 0 aromatic carbocycles. The van der Waals surface area contributed by atoms with Gasteiger partial charge in [0.1, 0.15) is 12.0 Å². The van der Waals surface area contributed by atoms with E-state index < -0.39 is 0 Å². The minimum Gasteiger partial charge on any atom is -0.353 e. The van der Waals surface area contributed by atoms with Gasteiger partial charge in [0.05, 0.1) is 4.92 Å². The van der Waals surface area contributed by atoms with Gasteiger partial charge in [-0.25, -0.2) is 4.98 Å². The third kappa shape index (κ3) is 2.92. The summed E-state index contributed by atoms with van der Waals surface area (Å²) >= 11 is 0. The molecule has 1 aliphatic rings. The first kappa shape index (κ1) is 14.8. The van der Waals surface area contributed by atoms with Gasteiger partial charge in [-0.3, -0.25) is 10.1 Å². The van der Waals surface area contributed by atoms with Crippen LogP contribution in [0.3, 0.4) is 0 Å². The number of nitro groups is 1. The summed E-state index contributed by atoms with van der Waals surface area (Å²) in [7, 11) is 0. The topological polar surface area (TPSA) is 59.3 Å². The van der Waals surface area contributed by atoms with Crippen LogP contribution in [0.5, 0.6) is 0 Å². The lowest BCUT2D eigenvalue weighted by molar-refractivity contribution is -0.385. The van der Waals surface area contributed by atoms with Crippen molar-refractivity contribution in [2.24, 2.45) is 5.92 Å². The molecule has 2 unspecified atom stereocenters. The Hall–Kier alpha value is -1.65. The average molecular weight is 277 g/mol. The van der Waals surface area contributed by atoms with Crippen molar-refractivity contribution < 1.29 is 4.92 Å². The van der Waals surface area contributed by atoms with Crippen molar-refractivity contribution in [3.05, 3.63) is 27.9 Å². The zero-order valence-electron chi connectivity index (χ0n) is 12.5. The van der Waals surface area contributed by atoms with E-state index in [1.54, 1.807) is 6.92 Å². The molecule has 0 amide bonds. The molecular formula is C15H23N3O2. The van der Waals surface area contributed by atoms with E-state index in [-0.39, 0.29) is 10.6 Å². The predicted octanol–water partition coefficient (Wildman–Crippen LogP) is 3.70. The highest BCUT2D eigenvalue weighted by molar-refractivity contribution is 5.50. The van der Waals surface area contributed by atoms with Crippen LogP contribution in [-0.2, 0) is 0 Å². The maximum atomic E-state index is 10.9. The fraction of sp³-hybridized carbons (Fsp3) is 0.667. The molecule has 0 N–H and O–H groups in total. The molecule has 0 spiro atoms. The second-order valence-electron chi connectivity index (χ2n) is 5.76. The summed E-state index contributed by atoms with van der Waals surface area (Å²) in [5, 5.41) is 10.9. The molecule has 2 heterocycles. The molecule has 2 rings (SSSR count). The lowest BCUT2D eigenvalue weighted by Gasteiger charge is -2.30. The number of rotatable bonds is 5. The summed E-state index contributed by atoms with van der Waals surface area (Å²) in [6.45, 7) is 7.29. The first-order valence-electron chi connectivity index (χ1n) is 7.42. The highest BCUT2D eigenvalue weighted by Gasteiger charge is 2.30. The summed E-state index contributed by atoms with van der Waals surface area (Å²) in [4.78, 5) is 17.1. The zero-order valence-corrected chi connectivity index (χ0v) is 12.5. The molecule has 2 atom stereocenters. The van der Waals surface area contributed by atoms with Crippen molar-refractivity contribution in [3.8, 4) is 0 Å². The van der Waals surface area contributed by atoms with Crippen molar-refractivity contribution in [2.45, 2.75) is 52.5 Å². The van der Waals surface area contributed by atoms with E-state index in [1.165, 1.54) is 31.9 Å². The number of pyridine rings is 1. The Bertz CT molecular complexity index is 490. The van der Waals surface area contributed by atoms with Crippen LogP contribution in [0.1, 0.15) is 45.1 Å². The number of hydrogen-bond donors (Lipinski definition) is 0. The monoisotopic (exact) mass is 277 g/mol. The maximum absolute atomic E-state index is 10.9. The first-order valence-corrected chi connectivity index (χ1v) is 7.42. The van der Waals surface area contributed by atoms with E-state index in [9.17, 15) is 10.1 Å². The molecule has 5 heteroatoms. The molecule has 110 valence electrons. The van der Waals surface area contributed by atoms with Crippen molar-refractivity contribution in [2.75, 3.05) is 11.4 Å². The van der Waals surface area contributed by atoms with Crippen molar-refractivity contribution in [3.63, 3.8) is 0 Å². The molecule has 5 nitrogen and oxygen atoms in total. The molecule has 1 aromatic rings. The number of aryl methyl sites for hydroxylation is 1. The van der Waals surface area contributed by atoms with Gasteiger partial charge in [-0.05, 0) is 38.2 Å². The van der Waals surface area contributed by atoms with E-state index in [0.29, 0.717) is 17.5 Å². The van der Waals surface area contributed by atoms with Gasteiger partial charge in [0.2, 0.25) is 0 Å². The summed E-state index contributed by atoms with van der Waals surface area (Å²) in [6, 6.07) is 2.37. The van der Waals surface area contributed by atoms with Gasteiger partial charge in [0.25, 0.3) is 5.69 Å². The Balaban J connectivity index is 2.22. The number of hydrogen-bond acceptors (Lipinski definition) is 4. The Morgan fingerprint density at radius 1 is 1.60 bits per heavy atom. The molecule has 0 saturated carbocycles. The fourth-order valence-corrected chi connectivity index (χ4v) is 3.20. The Morgan fingerprint density at radius 3 is 2.95 bits per heavy atom. The molecule has 20 heavy (non-hydrogen) atoms. The lowest BCUT2D eigenvalue weighted by Crippen LogP contribution is -2.35. The quantitative estimate of drug-likeness (QED) is 0.608. The molecule has 1 saturated heterocycles. The maximum Gasteiger partial charge on any atom is 0.290 e. The number of anilines is 1. The van der Waals surface area contributed by atoms with Gasteiger partial charge in [0, 0.05) is 18.2 Å². The number of nitrogens with zero attached hydrogens (tertiary/aromatic N) is 3. The Labute approximate surface area is 120 Å². The van der Waals surface area contributed by atoms with E-state index in [4.69, 9.17) is 0 Å². The van der Waals surface area contributed by atoms with Crippen LogP contribution in [0.25, 0.3) is 0 Å². The van der Waals surface area contributed by atoms with Crippen LogP contribution in [0.2, 0.25) is 0 Å². The Morgan fingerprint density at radius 2 is 2.35 bits per heavy atom. The van der Waals surface area contributed by atoms with E-state index in [1.807, 2.05) is 6.07 Å². The van der Waals surface area contributed by atoms with Gasteiger partial charge >= 0.3 is 0 Å². The standard InChI is InChI=1S/C15H23N3O2/c1-4-6-11(2)13-7-5-8-17(13)15-9-12(3)14(10-16-15)18(19)20/h9-11,13H,4-8H2,1-3H3. The highest BCUT2D eigenvalue weighted by atomic mass is 16.6. The van der Waals surface area contributed by atoms with Crippen LogP contribution in [0.4, 0.5) is 11.5 Å². The van der Waals surface area contributed by atoms with E-state index >= 15 is 0 Å². The van der Waals surface area contributed by atoms with Gasteiger partial charge in [-0.1, -0.05) is 20.3 Å². The third-order valence-corrected chi connectivity index (χ3v) is 4.26. The average Bonchev–Trinajstić information content (AvgIpc) is 2.87. The van der Waals surface area contributed by atoms with Gasteiger partial charge in [0.15, 0.2) is 0 Å². The lowest BCUT2D eigenvalue weighted by atomic mass is 9.95. The summed E-state index contributed by atoms with van der Waals surface area (Å²) in [5.41, 5.74) is 0.792. The van der Waals surface area contributed by atoms with Crippen LogP contribution in [0, 0.1) is 23.0 Å². The molecule has 1 fully saturated rings. The molecule has 0 radical (unpaired) electrons. The molecular weight excluding hydrogens is 254 g/mol. The summed E-state index contributed by atoms with van der Waals surface area (Å²) in [5.74, 6) is 1.53. The SMILES string of the molecule is CCCC(C)C1CCCN1c1cc(C)c([N+](=O)[O-])cn1. The molecule has 0 aliphatic carbocycles. The van der Waals surface area contributed by atoms with Crippen LogP contribution < -0.4 is 4.90 Å². The smallest absolute Gasteiger partial charge is 0.290 e. The van der Waals surface area contributed by atoms with Crippen LogP contribution in [0.15, 0.2) is 12.3 Å². The minimum absolute atomic E-state index is 0.103. The van der Waals surface area contributed by atoms with E-state index in [0.717, 1.165) is 12.4 Å². The fourth-order valence-electron chi connectivity index (χ4n) is 3.20. The third-order valence-electron chi connectivity index (χ3n) is 4.26. The van der Waals surface area contributed by atoms with Crippen LogP contribution >= 0.6 is 0 Å². The van der Waals surface area contributed by atoms with Gasteiger partial charge < -0.3 is 4.90 Å². The first-order chi connectivity index (χ1) is 9.54. The van der Waals surface area contributed by atoms with Gasteiger partial charge in [-0.2, -0.15) is 0 Å². The summed E-state index contributed by atoms with van der Waals surface area (Å²) in [6.07, 6.45) is 6.17. The largest absolute Gasteiger partial charge is 0.353 e. The van der Waals surface area contributed by atoms with Crippen molar-refractivity contribution in [1.29, 1.82) is 0 Å². The van der Waals surface area contributed by atoms with Crippen molar-refractivity contribution >= 4 is 11.5 Å². The second-order valence-corrected chi connectivity index (χ2v) is 5.76. The predicted molar refractivity (Wildman–Crippen MR) is 80.1 cm³/mol. The van der Waals surface area contributed by atoms with E-state index in [2.05, 4.69) is 23.7 Å². The molecule has 1 aliphatic heterocycles. The summed E-state index contributed by atoms with van der Waals surface area (Å²) < 4.78 is 0. The highest BCUT2D eigenvalue weighted by Crippen LogP contribution is 2.32. The normalized spacial score (nSPS) is 20.1. The molecule has 0 bridgehead atoms. The second kappa shape index (κ2) is 6.20. The minimum atomic E-state index is -0.368. The number of aromatic nitrogens is 1. The molecule has 1 aromatic heterocycles.